The number of carbonyl (C=O) groups is 1. The molecule has 3 nitrogen and oxygen atoms in total. The van der Waals surface area contributed by atoms with E-state index in [4.69, 9.17) is 17.3 Å². The van der Waals surface area contributed by atoms with Crippen molar-refractivity contribution < 1.29 is 13.6 Å². The van der Waals surface area contributed by atoms with Gasteiger partial charge >= 0.3 is 0 Å². The molecule has 1 amide bonds. The maximum Gasteiger partial charge on any atom is 0.227 e. The van der Waals surface area contributed by atoms with Gasteiger partial charge in [-0.05, 0) is 18.1 Å². The number of nitrogens with two attached hydrogens (primary N) is 1. The van der Waals surface area contributed by atoms with Crippen LogP contribution in [0.15, 0.2) is 12.1 Å². The summed E-state index contributed by atoms with van der Waals surface area (Å²) in [6, 6.07) is 2.27. The number of hydrogen-bond donors (Lipinski definition) is 1. The molecule has 0 spiro atoms. The highest BCUT2D eigenvalue weighted by Crippen LogP contribution is 2.32. The maximum atomic E-state index is 13.3. The van der Waals surface area contributed by atoms with Crippen molar-refractivity contribution >= 4 is 28.9 Å². The molecule has 1 aromatic rings. The predicted octanol–water partition coefficient (Wildman–Crippen LogP) is 2.14. The molecule has 0 saturated carbocycles. The van der Waals surface area contributed by atoms with E-state index in [1.165, 1.54) is 11.0 Å². The van der Waals surface area contributed by atoms with Gasteiger partial charge in [0.15, 0.2) is 11.6 Å². The van der Waals surface area contributed by atoms with Gasteiger partial charge in [0.2, 0.25) is 5.91 Å². The number of halogens is 3. The molecule has 92 valence electrons. The highest BCUT2D eigenvalue weighted by Gasteiger charge is 2.31. The first-order valence-corrected chi connectivity index (χ1v) is 5.67. The van der Waals surface area contributed by atoms with Crippen molar-refractivity contribution in [1.29, 1.82) is 0 Å². The summed E-state index contributed by atoms with van der Waals surface area (Å²) in [5.74, 6) is -1.94. The van der Waals surface area contributed by atoms with Crippen LogP contribution in [0.2, 0.25) is 0 Å². The third-order valence-corrected chi connectivity index (χ3v) is 3.26. The first kappa shape index (κ1) is 12.1. The topological polar surface area (TPSA) is 46.3 Å². The number of rotatable bonds is 2. The molecule has 1 unspecified atom stereocenters. The van der Waals surface area contributed by atoms with Gasteiger partial charge in [0, 0.05) is 18.8 Å². The fourth-order valence-electron chi connectivity index (χ4n) is 1.91. The number of hydrogen-bond acceptors (Lipinski definition) is 2. The second-order valence-corrected chi connectivity index (χ2v) is 4.33. The Morgan fingerprint density at radius 2 is 2.18 bits per heavy atom. The maximum absolute atomic E-state index is 13.3. The molecular formula is C11H11ClF2N2O. The van der Waals surface area contributed by atoms with E-state index in [0.717, 1.165) is 6.07 Å². The lowest BCUT2D eigenvalue weighted by Crippen LogP contribution is -2.26. The Bertz CT molecular complexity index is 467. The lowest BCUT2D eigenvalue weighted by atomic mass is 10.1. The summed E-state index contributed by atoms with van der Waals surface area (Å²) in [5.41, 5.74) is 5.34. The molecule has 1 heterocycles. The Morgan fingerprint density at radius 1 is 1.47 bits per heavy atom. The zero-order valence-corrected chi connectivity index (χ0v) is 9.68. The lowest BCUT2D eigenvalue weighted by molar-refractivity contribution is -0.117. The predicted molar refractivity (Wildman–Crippen MR) is 62.0 cm³/mol. The molecule has 0 radical (unpaired) electrons. The van der Waals surface area contributed by atoms with Crippen LogP contribution in [0.25, 0.3) is 0 Å². The Labute approximate surface area is 102 Å². The first-order valence-electron chi connectivity index (χ1n) is 5.14. The first-order chi connectivity index (χ1) is 8.04. The molecule has 2 rings (SSSR count). The van der Waals surface area contributed by atoms with Gasteiger partial charge in [-0.1, -0.05) is 0 Å². The van der Waals surface area contributed by atoms with Crippen molar-refractivity contribution in [2.45, 2.75) is 6.42 Å². The minimum atomic E-state index is -1.12. The van der Waals surface area contributed by atoms with Gasteiger partial charge in [-0.3, -0.25) is 4.79 Å². The van der Waals surface area contributed by atoms with Crippen LogP contribution in [0.1, 0.15) is 6.42 Å². The van der Waals surface area contributed by atoms with Gasteiger partial charge < -0.3 is 10.6 Å². The minimum Gasteiger partial charge on any atom is -0.395 e. The van der Waals surface area contributed by atoms with Gasteiger partial charge in [0.25, 0.3) is 0 Å². The van der Waals surface area contributed by atoms with E-state index in [1.54, 1.807) is 0 Å². The molecule has 1 saturated heterocycles. The smallest absolute Gasteiger partial charge is 0.227 e. The summed E-state index contributed by atoms with van der Waals surface area (Å²) in [5, 5.41) is 0. The fourth-order valence-corrected chi connectivity index (χ4v) is 2.12. The number of nitrogen functional groups attached to an aromatic ring is 1. The molecule has 1 fully saturated rings. The average Bonchev–Trinajstić information content (AvgIpc) is 2.68. The van der Waals surface area contributed by atoms with Crippen LogP contribution in [-0.2, 0) is 4.79 Å². The van der Waals surface area contributed by atoms with Crippen molar-refractivity contribution in [3.8, 4) is 0 Å². The highest BCUT2D eigenvalue weighted by molar-refractivity contribution is 6.18. The van der Waals surface area contributed by atoms with Gasteiger partial charge in [-0.25, -0.2) is 8.78 Å². The zero-order valence-electron chi connectivity index (χ0n) is 8.92. The molecule has 2 N–H and O–H groups in total. The van der Waals surface area contributed by atoms with Gasteiger partial charge in [0.05, 0.1) is 11.4 Å². The molecule has 1 aliphatic heterocycles. The lowest BCUT2D eigenvalue weighted by Gasteiger charge is -2.18. The van der Waals surface area contributed by atoms with Crippen LogP contribution in [0.3, 0.4) is 0 Å². The largest absolute Gasteiger partial charge is 0.395 e. The second kappa shape index (κ2) is 4.49. The third-order valence-electron chi connectivity index (χ3n) is 2.82. The number of carbonyl (C=O) groups excluding carboxylic acids is 1. The van der Waals surface area contributed by atoms with Gasteiger partial charge in [0.1, 0.15) is 0 Å². The number of alkyl halides is 1. The summed E-state index contributed by atoms with van der Waals surface area (Å²) in [7, 11) is 0. The molecule has 17 heavy (non-hydrogen) atoms. The third kappa shape index (κ3) is 2.07. The molecule has 6 heteroatoms. The van der Waals surface area contributed by atoms with Crippen molar-refractivity contribution in [3.05, 3.63) is 23.8 Å². The number of nitrogens with zero attached hydrogens (tertiary/aromatic N) is 1. The molecule has 0 bridgehead atoms. The SMILES string of the molecule is Nc1c(N2CC(CCl)CC2=O)ccc(F)c1F. The van der Waals surface area contributed by atoms with Crippen LogP contribution in [0, 0.1) is 17.6 Å². The normalized spacial score (nSPS) is 20.1. The van der Waals surface area contributed by atoms with E-state index in [0.29, 0.717) is 18.8 Å². The number of amides is 1. The van der Waals surface area contributed by atoms with Crippen LogP contribution in [0.4, 0.5) is 20.2 Å². The minimum absolute atomic E-state index is 0.0247. The van der Waals surface area contributed by atoms with E-state index < -0.39 is 11.6 Å². The van der Waals surface area contributed by atoms with Crippen molar-refractivity contribution in [2.24, 2.45) is 5.92 Å². The molecule has 1 aromatic carbocycles. The van der Waals surface area contributed by atoms with Crippen LogP contribution in [0.5, 0.6) is 0 Å². The molecule has 1 aliphatic rings. The molecule has 1 atom stereocenters. The quantitative estimate of drug-likeness (QED) is 0.654. The molecule has 0 aliphatic carbocycles. The Hall–Kier alpha value is -1.36. The van der Waals surface area contributed by atoms with Crippen LogP contribution < -0.4 is 10.6 Å². The van der Waals surface area contributed by atoms with E-state index in [9.17, 15) is 13.6 Å². The van der Waals surface area contributed by atoms with Crippen LogP contribution in [-0.4, -0.2) is 18.3 Å². The molecular weight excluding hydrogens is 250 g/mol. The Morgan fingerprint density at radius 3 is 2.76 bits per heavy atom. The van der Waals surface area contributed by atoms with E-state index in [2.05, 4.69) is 0 Å². The highest BCUT2D eigenvalue weighted by atomic mass is 35.5. The van der Waals surface area contributed by atoms with E-state index in [-0.39, 0.29) is 23.2 Å². The van der Waals surface area contributed by atoms with Crippen molar-refractivity contribution in [3.63, 3.8) is 0 Å². The summed E-state index contributed by atoms with van der Waals surface area (Å²) in [4.78, 5) is 13.0. The van der Waals surface area contributed by atoms with Gasteiger partial charge in [-0.2, -0.15) is 0 Å². The fraction of sp³-hybridized carbons (Fsp3) is 0.364. The van der Waals surface area contributed by atoms with Crippen molar-refractivity contribution in [1.82, 2.24) is 0 Å². The van der Waals surface area contributed by atoms with Gasteiger partial charge in [-0.15, -0.1) is 11.6 Å². The number of benzene rings is 1. The zero-order chi connectivity index (χ0) is 12.6. The van der Waals surface area contributed by atoms with E-state index in [1.807, 2.05) is 0 Å². The summed E-state index contributed by atoms with van der Waals surface area (Å²) < 4.78 is 26.2. The average molecular weight is 261 g/mol. The second-order valence-electron chi connectivity index (χ2n) is 4.02. The summed E-state index contributed by atoms with van der Waals surface area (Å²) >= 11 is 5.68. The monoisotopic (exact) mass is 260 g/mol. The van der Waals surface area contributed by atoms with Crippen LogP contribution >= 0.6 is 11.6 Å². The number of anilines is 2. The summed E-state index contributed by atoms with van der Waals surface area (Å²) in [6.07, 6.45) is 0.307. The van der Waals surface area contributed by atoms with Crippen molar-refractivity contribution in [2.75, 3.05) is 23.1 Å². The Balaban J connectivity index is 2.35. The summed E-state index contributed by atoms with van der Waals surface area (Å²) in [6.45, 7) is 0.387. The van der Waals surface area contributed by atoms with E-state index >= 15 is 0 Å². The standard InChI is InChI=1S/C11H11ClF2N2O/c12-4-6-3-9(17)16(5-6)8-2-1-7(13)10(14)11(8)15/h1-2,6H,3-5,15H2. The molecule has 0 aromatic heterocycles. The Kier molecular flexibility index (Phi) is 3.19.